The summed E-state index contributed by atoms with van der Waals surface area (Å²) < 4.78 is 65.1. The van der Waals surface area contributed by atoms with Crippen molar-refractivity contribution in [3.05, 3.63) is 29.1 Å². The van der Waals surface area contributed by atoms with Gasteiger partial charge in [0.05, 0.1) is 5.92 Å². The number of benzene rings is 1. The van der Waals surface area contributed by atoms with Gasteiger partial charge in [-0.2, -0.15) is 0 Å². The van der Waals surface area contributed by atoms with Gasteiger partial charge in [0.1, 0.15) is 5.69 Å². The smallest absolute Gasteiger partial charge is 0.228 e. The molecule has 3 nitrogen and oxygen atoms in total. The lowest BCUT2D eigenvalue weighted by Gasteiger charge is -2.14. The molecule has 0 saturated carbocycles. The Hall–Kier alpha value is -1.70. The third kappa shape index (κ3) is 2.83. The molecule has 1 aromatic rings. The molecule has 0 aromatic heterocycles. The highest BCUT2D eigenvalue weighted by atomic mass is 19.2. The molecule has 1 amide bonds. The van der Waals surface area contributed by atoms with E-state index in [0.29, 0.717) is 0 Å². The van der Waals surface area contributed by atoms with Gasteiger partial charge in [-0.1, -0.05) is 6.92 Å². The maximum atomic E-state index is 13.3. The van der Waals surface area contributed by atoms with Crippen LogP contribution in [0, 0.1) is 35.0 Å². The monoisotopic (exact) mass is 282 g/mol. The minimum absolute atomic E-state index is 0.113. The number of rotatable bonds is 4. The van der Waals surface area contributed by atoms with Crippen LogP contribution in [0.5, 0.6) is 0 Å². The summed E-state index contributed by atoms with van der Waals surface area (Å²) in [4.78, 5) is 11.5. The first kappa shape index (κ1) is 15.4. The number of carbonyl (C=O) groups excluding carboxylic acids is 1. The van der Waals surface area contributed by atoms with Crippen molar-refractivity contribution < 1.29 is 26.7 Å². The van der Waals surface area contributed by atoms with Crippen molar-refractivity contribution >= 4 is 11.6 Å². The van der Waals surface area contributed by atoms with Crippen molar-refractivity contribution in [3.8, 4) is 0 Å². The van der Waals surface area contributed by atoms with Crippen LogP contribution in [0.1, 0.15) is 13.3 Å². The predicted octanol–water partition coefficient (Wildman–Crippen LogP) is 2.31. The van der Waals surface area contributed by atoms with Gasteiger partial charge in [0, 0.05) is 6.54 Å². The number of halogens is 5. The number of nitrogens with two attached hydrogens (primary N) is 1. The summed E-state index contributed by atoms with van der Waals surface area (Å²) in [5.74, 6) is -12.4. The van der Waals surface area contributed by atoms with Gasteiger partial charge in [-0.05, 0) is 6.42 Å². The number of carbonyl (C=O) groups is 1. The second kappa shape index (κ2) is 5.96. The molecule has 1 atom stereocenters. The first-order valence-corrected chi connectivity index (χ1v) is 5.37. The molecule has 8 heteroatoms. The Balaban J connectivity index is 3.19. The molecule has 0 aliphatic rings. The first-order valence-electron chi connectivity index (χ1n) is 5.37. The van der Waals surface area contributed by atoms with Gasteiger partial charge in [-0.3, -0.25) is 4.79 Å². The minimum Gasteiger partial charge on any atom is -0.330 e. The minimum atomic E-state index is -2.28. The number of nitrogens with one attached hydrogen (secondary N) is 1. The molecule has 0 fully saturated rings. The van der Waals surface area contributed by atoms with E-state index < -0.39 is 46.6 Å². The average Bonchev–Trinajstić information content (AvgIpc) is 2.40. The number of hydrogen-bond acceptors (Lipinski definition) is 2. The van der Waals surface area contributed by atoms with Gasteiger partial charge in [0.25, 0.3) is 0 Å². The van der Waals surface area contributed by atoms with Gasteiger partial charge in [-0.15, -0.1) is 0 Å². The molecule has 3 N–H and O–H groups in total. The number of anilines is 1. The van der Waals surface area contributed by atoms with Crippen LogP contribution < -0.4 is 11.1 Å². The van der Waals surface area contributed by atoms with Crippen LogP contribution >= 0.6 is 0 Å². The molecule has 0 radical (unpaired) electrons. The van der Waals surface area contributed by atoms with Crippen LogP contribution in [0.25, 0.3) is 0 Å². The molecule has 0 heterocycles. The van der Waals surface area contributed by atoms with Crippen molar-refractivity contribution in [2.45, 2.75) is 13.3 Å². The van der Waals surface area contributed by atoms with E-state index in [0.717, 1.165) is 0 Å². The standard InChI is InChI=1S/C11H11F5N2O/c1-2-4(3-17)11(19)18-10-8(15)6(13)5(12)7(14)9(10)16/h4H,2-3,17H2,1H3,(H,18,19). The van der Waals surface area contributed by atoms with Crippen LogP contribution in [0.2, 0.25) is 0 Å². The fraction of sp³-hybridized carbons (Fsp3) is 0.364. The van der Waals surface area contributed by atoms with Crippen LogP contribution in [-0.4, -0.2) is 12.5 Å². The molecular weight excluding hydrogens is 271 g/mol. The summed E-state index contributed by atoms with van der Waals surface area (Å²) in [7, 11) is 0. The number of hydrogen-bond donors (Lipinski definition) is 2. The van der Waals surface area contributed by atoms with Crippen molar-refractivity contribution in [3.63, 3.8) is 0 Å². The zero-order valence-corrected chi connectivity index (χ0v) is 9.87. The summed E-state index contributed by atoms with van der Waals surface area (Å²) in [5.41, 5.74) is 3.87. The normalized spacial score (nSPS) is 12.4. The van der Waals surface area contributed by atoms with Crippen LogP contribution in [0.15, 0.2) is 0 Å². The Bertz CT molecular complexity index is 473. The number of amides is 1. The maximum absolute atomic E-state index is 13.3. The predicted molar refractivity (Wildman–Crippen MR) is 57.7 cm³/mol. The van der Waals surface area contributed by atoms with Crippen molar-refractivity contribution in [1.82, 2.24) is 0 Å². The summed E-state index contributed by atoms with van der Waals surface area (Å²) >= 11 is 0. The third-order valence-electron chi connectivity index (χ3n) is 2.61. The molecular formula is C11H11F5N2O. The molecule has 19 heavy (non-hydrogen) atoms. The molecule has 0 bridgehead atoms. The van der Waals surface area contributed by atoms with E-state index in [1.165, 1.54) is 0 Å². The lowest BCUT2D eigenvalue weighted by atomic mass is 10.1. The summed E-state index contributed by atoms with van der Waals surface area (Å²) in [5, 5.41) is 1.67. The van der Waals surface area contributed by atoms with Gasteiger partial charge >= 0.3 is 0 Å². The highest BCUT2D eigenvalue weighted by molar-refractivity contribution is 5.93. The molecule has 1 unspecified atom stereocenters. The summed E-state index contributed by atoms with van der Waals surface area (Å²) in [6, 6.07) is 0. The van der Waals surface area contributed by atoms with E-state index in [-0.39, 0.29) is 13.0 Å². The van der Waals surface area contributed by atoms with Crippen molar-refractivity contribution in [2.75, 3.05) is 11.9 Å². The Morgan fingerprint density at radius 1 is 1.05 bits per heavy atom. The Kier molecular flexibility index (Phi) is 4.82. The van der Waals surface area contributed by atoms with Gasteiger partial charge < -0.3 is 11.1 Å². The van der Waals surface area contributed by atoms with Crippen molar-refractivity contribution in [1.29, 1.82) is 0 Å². The zero-order valence-electron chi connectivity index (χ0n) is 9.87. The highest BCUT2D eigenvalue weighted by Crippen LogP contribution is 2.27. The van der Waals surface area contributed by atoms with E-state index in [1.54, 1.807) is 12.2 Å². The van der Waals surface area contributed by atoms with Crippen LogP contribution in [-0.2, 0) is 4.79 Å². The Morgan fingerprint density at radius 2 is 1.47 bits per heavy atom. The third-order valence-corrected chi connectivity index (χ3v) is 2.61. The van der Waals surface area contributed by atoms with Crippen LogP contribution in [0.3, 0.4) is 0 Å². The summed E-state index contributed by atoms with van der Waals surface area (Å²) in [6.07, 6.45) is 0.262. The van der Waals surface area contributed by atoms with E-state index in [4.69, 9.17) is 5.73 Å². The SMILES string of the molecule is CCC(CN)C(=O)Nc1c(F)c(F)c(F)c(F)c1F. The molecule has 0 aliphatic carbocycles. The molecule has 0 aliphatic heterocycles. The fourth-order valence-electron chi connectivity index (χ4n) is 1.40. The molecule has 0 saturated heterocycles. The lowest BCUT2D eigenvalue weighted by molar-refractivity contribution is -0.119. The van der Waals surface area contributed by atoms with E-state index in [9.17, 15) is 26.7 Å². The zero-order chi connectivity index (χ0) is 14.7. The van der Waals surface area contributed by atoms with Gasteiger partial charge in [-0.25, -0.2) is 22.0 Å². The van der Waals surface area contributed by atoms with Gasteiger partial charge in [0.2, 0.25) is 11.7 Å². The molecule has 0 spiro atoms. The topological polar surface area (TPSA) is 55.1 Å². The Labute approximate surface area is 105 Å². The molecule has 1 aromatic carbocycles. The summed E-state index contributed by atoms with van der Waals surface area (Å²) in [6.45, 7) is 1.48. The quantitative estimate of drug-likeness (QED) is 0.506. The van der Waals surface area contributed by atoms with Crippen molar-refractivity contribution in [2.24, 2.45) is 11.7 Å². The van der Waals surface area contributed by atoms with Crippen LogP contribution in [0.4, 0.5) is 27.6 Å². The van der Waals surface area contributed by atoms with E-state index in [2.05, 4.69) is 0 Å². The largest absolute Gasteiger partial charge is 0.330 e. The van der Waals surface area contributed by atoms with E-state index in [1.807, 2.05) is 0 Å². The molecule has 106 valence electrons. The second-order valence-electron chi connectivity index (χ2n) is 3.78. The highest BCUT2D eigenvalue weighted by Gasteiger charge is 2.28. The lowest BCUT2D eigenvalue weighted by Crippen LogP contribution is -2.29. The Morgan fingerprint density at radius 3 is 1.84 bits per heavy atom. The average molecular weight is 282 g/mol. The first-order chi connectivity index (χ1) is 8.84. The second-order valence-corrected chi connectivity index (χ2v) is 3.78. The van der Waals surface area contributed by atoms with E-state index >= 15 is 0 Å². The maximum Gasteiger partial charge on any atom is 0.228 e. The van der Waals surface area contributed by atoms with Gasteiger partial charge in [0.15, 0.2) is 23.3 Å². The fourth-order valence-corrected chi connectivity index (χ4v) is 1.40. The molecule has 1 rings (SSSR count).